The maximum atomic E-state index is 4.53. The zero-order valence-corrected chi connectivity index (χ0v) is 11.4. The van der Waals surface area contributed by atoms with Gasteiger partial charge in [-0.2, -0.15) is 0 Å². The summed E-state index contributed by atoms with van der Waals surface area (Å²) < 4.78 is 0. The maximum absolute atomic E-state index is 4.53. The molecule has 0 bridgehead atoms. The van der Waals surface area contributed by atoms with E-state index >= 15 is 0 Å². The summed E-state index contributed by atoms with van der Waals surface area (Å²) in [7, 11) is 0. The zero-order valence-electron chi connectivity index (χ0n) is 11.4. The Morgan fingerprint density at radius 1 is 1.06 bits per heavy atom. The highest BCUT2D eigenvalue weighted by Gasteiger charge is 2.03. The van der Waals surface area contributed by atoms with E-state index in [2.05, 4.69) is 74.5 Å². The second kappa shape index (κ2) is 6.28. The predicted octanol–water partition coefficient (Wildman–Crippen LogP) is 3.17. The highest BCUT2D eigenvalue weighted by atomic mass is 15.2. The molecule has 3 nitrogen and oxygen atoms in total. The van der Waals surface area contributed by atoms with E-state index in [-0.39, 0.29) is 6.04 Å². The summed E-state index contributed by atoms with van der Waals surface area (Å²) in [6.07, 6.45) is 0. The fourth-order valence-electron chi connectivity index (χ4n) is 1.41. The molecule has 0 fully saturated rings. The first-order valence-electron chi connectivity index (χ1n) is 6.15. The first-order chi connectivity index (χ1) is 7.97. The van der Waals surface area contributed by atoms with Gasteiger partial charge in [-0.1, -0.05) is 17.7 Å². The van der Waals surface area contributed by atoms with Crippen LogP contribution in [0.4, 0.5) is 5.69 Å². The molecule has 94 valence electrons. The van der Waals surface area contributed by atoms with Crippen LogP contribution < -0.4 is 10.6 Å². The van der Waals surface area contributed by atoms with Gasteiger partial charge in [-0.05, 0) is 46.8 Å². The van der Waals surface area contributed by atoms with Crippen molar-refractivity contribution in [3.05, 3.63) is 29.8 Å². The Balaban J connectivity index is 2.75. The average molecular weight is 233 g/mol. The molecule has 0 heterocycles. The SMILES string of the molecule is Cc1ccc(NC(=NC(C)C)NC(C)C)cc1. The molecule has 0 aliphatic rings. The third kappa shape index (κ3) is 5.38. The second-order valence-electron chi connectivity index (χ2n) is 4.86. The van der Waals surface area contributed by atoms with Crippen LogP contribution in [-0.4, -0.2) is 18.0 Å². The van der Waals surface area contributed by atoms with Gasteiger partial charge in [0.25, 0.3) is 0 Å². The van der Waals surface area contributed by atoms with E-state index in [1.165, 1.54) is 5.56 Å². The van der Waals surface area contributed by atoms with Gasteiger partial charge in [0.1, 0.15) is 0 Å². The standard InChI is InChI=1S/C14H23N3/c1-10(2)15-14(16-11(3)4)17-13-8-6-12(5)7-9-13/h6-11H,1-5H3,(H2,15,16,17). The molecular formula is C14H23N3. The van der Waals surface area contributed by atoms with Gasteiger partial charge in [0, 0.05) is 17.8 Å². The third-order valence-electron chi connectivity index (χ3n) is 2.13. The number of hydrogen-bond donors (Lipinski definition) is 2. The minimum absolute atomic E-state index is 0.272. The summed E-state index contributed by atoms with van der Waals surface area (Å²) >= 11 is 0. The van der Waals surface area contributed by atoms with Crippen molar-refractivity contribution in [3.8, 4) is 0 Å². The summed E-state index contributed by atoms with van der Waals surface area (Å²) in [5.74, 6) is 0.832. The number of aryl methyl sites for hydroxylation is 1. The zero-order chi connectivity index (χ0) is 12.8. The van der Waals surface area contributed by atoms with Crippen LogP contribution in [0.5, 0.6) is 0 Å². The molecule has 0 aliphatic carbocycles. The lowest BCUT2D eigenvalue weighted by molar-refractivity contribution is 0.717. The predicted molar refractivity (Wildman–Crippen MR) is 75.6 cm³/mol. The Morgan fingerprint density at radius 3 is 2.12 bits per heavy atom. The summed E-state index contributed by atoms with van der Waals surface area (Å²) in [5.41, 5.74) is 2.32. The molecule has 0 amide bonds. The molecular weight excluding hydrogens is 210 g/mol. The minimum atomic E-state index is 0.272. The molecule has 1 rings (SSSR count). The number of benzene rings is 1. The smallest absolute Gasteiger partial charge is 0.196 e. The van der Waals surface area contributed by atoms with E-state index < -0.39 is 0 Å². The lowest BCUT2D eigenvalue weighted by Gasteiger charge is -2.16. The van der Waals surface area contributed by atoms with Gasteiger partial charge >= 0.3 is 0 Å². The Kier molecular flexibility index (Phi) is 5.01. The van der Waals surface area contributed by atoms with Crippen molar-refractivity contribution in [2.24, 2.45) is 4.99 Å². The van der Waals surface area contributed by atoms with Crippen molar-refractivity contribution in [3.63, 3.8) is 0 Å². The van der Waals surface area contributed by atoms with Crippen LogP contribution >= 0.6 is 0 Å². The Morgan fingerprint density at radius 2 is 1.65 bits per heavy atom. The van der Waals surface area contributed by atoms with Crippen LogP contribution in [-0.2, 0) is 0 Å². The summed E-state index contributed by atoms with van der Waals surface area (Å²) in [6, 6.07) is 8.94. The molecule has 0 radical (unpaired) electrons. The van der Waals surface area contributed by atoms with Gasteiger partial charge in [-0.3, -0.25) is 4.99 Å². The van der Waals surface area contributed by atoms with Crippen molar-refractivity contribution in [1.29, 1.82) is 0 Å². The van der Waals surface area contributed by atoms with Gasteiger partial charge < -0.3 is 10.6 Å². The monoisotopic (exact) mass is 233 g/mol. The number of guanidine groups is 1. The van der Waals surface area contributed by atoms with Crippen LogP contribution in [0.15, 0.2) is 29.3 Å². The molecule has 0 aliphatic heterocycles. The number of hydrogen-bond acceptors (Lipinski definition) is 1. The van der Waals surface area contributed by atoms with Gasteiger partial charge in [0.2, 0.25) is 0 Å². The average Bonchev–Trinajstić information content (AvgIpc) is 2.19. The molecule has 3 heteroatoms. The van der Waals surface area contributed by atoms with Crippen LogP contribution in [0.1, 0.15) is 33.3 Å². The molecule has 0 spiro atoms. The molecule has 0 saturated carbocycles. The molecule has 0 aromatic heterocycles. The van der Waals surface area contributed by atoms with E-state index in [1.807, 2.05) is 0 Å². The quantitative estimate of drug-likeness (QED) is 0.621. The van der Waals surface area contributed by atoms with E-state index in [1.54, 1.807) is 0 Å². The molecule has 1 aromatic rings. The van der Waals surface area contributed by atoms with Gasteiger partial charge in [0.05, 0.1) is 0 Å². The lowest BCUT2D eigenvalue weighted by atomic mass is 10.2. The molecule has 0 saturated heterocycles. The highest BCUT2D eigenvalue weighted by molar-refractivity contribution is 5.93. The van der Waals surface area contributed by atoms with Crippen molar-refractivity contribution in [2.75, 3.05) is 5.32 Å². The van der Waals surface area contributed by atoms with Crippen molar-refractivity contribution < 1.29 is 0 Å². The lowest BCUT2D eigenvalue weighted by Crippen LogP contribution is -2.36. The first kappa shape index (κ1) is 13.6. The van der Waals surface area contributed by atoms with Crippen LogP contribution in [0, 0.1) is 6.92 Å². The Labute approximate surface area is 104 Å². The molecule has 1 aromatic carbocycles. The first-order valence-corrected chi connectivity index (χ1v) is 6.15. The highest BCUT2D eigenvalue weighted by Crippen LogP contribution is 2.08. The fraction of sp³-hybridized carbons (Fsp3) is 0.500. The Bertz CT molecular complexity index is 364. The fourth-order valence-corrected chi connectivity index (χ4v) is 1.41. The van der Waals surface area contributed by atoms with Crippen LogP contribution in [0.3, 0.4) is 0 Å². The van der Waals surface area contributed by atoms with Gasteiger partial charge in [-0.15, -0.1) is 0 Å². The van der Waals surface area contributed by atoms with E-state index in [0.29, 0.717) is 6.04 Å². The number of nitrogens with zero attached hydrogens (tertiary/aromatic N) is 1. The Hall–Kier alpha value is -1.51. The molecule has 0 atom stereocenters. The normalized spacial score (nSPS) is 12.1. The number of nitrogens with one attached hydrogen (secondary N) is 2. The van der Waals surface area contributed by atoms with Gasteiger partial charge in [-0.25, -0.2) is 0 Å². The minimum Gasteiger partial charge on any atom is -0.354 e. The summed E-state index contributed by atoms with van der Waals surface area (Å²) in [4.78, 5) is 4.53. The van der Waals surface area contributed by atoms with Gasteiger partial charge in [0.15, 0.2) is 5.96 Å². The summed E-state index contributed by atoms with van der Waals surface area (Å²) in [6.45, 7) is 10.4. The van der Waals surface area contributed by atoms with Crippen molar-refractivity contribution in [2.45, 2.75) is 46.7 Å². The summed E-state index contributed by atoms with van der Waals surface area (Å²) in [5, 5.41) is 6.62. The van der Waals surface area contributed by atoms with Crippen LogP contribution in [0.2, 0.25) is 0 Å². The molecule has 0 unspecified atom stereocenters. The van der Waals surface area contributed by atoms with Crippen molar-refractivity contribution in [1.82, 2.24) is 5.32 Å². The number of aliphatic imine (C=N–C) groups is 1. The topological polar surface area (TPSA) is 36.4 Å². The molecule has 17 heavy (non-hydrogen) atoms. The van der Waals surface area contributed by atoms with E-state index in [9.17, 15) is 0 Å². The second-order valence-corrected chi connectivity index (χ2v) is 4.86. The number of rotatable bonds is 3. The molecule has 2 N–H and O–H groups in total. The maximum Gasteiger partial charge on any atom is 0.196 e. The largest absolute Gasteiger partial charge is 0.354 e. The van der Waals surface area contributed by atoms with Crippen molar-refractivity contribution >= 4 is 11.6 Å². The third-order valence-corrected chi connectivity index (χ3v) is 2.13. The van der Waals surface area contributed by atoms with E-state index in [4.69, 9.17) is 0 Å². The van der Waals surface area contributed by atoms with E-state index in [0.717, 1.165) is 11.6 Å². The van der Waals surface area contributed by atoms with Crippen LogP contribution in [0.25, 0.3) is 0 Å². The number of anilines is 1.